The highest BCUT2D eigenvalue weighted by Crippen LogP contribution is 2.34. The summed E-state index contributed by atoms with van der Waals surface area (Å²) in [7, 11) is 4.12. The zero-order chi connectivity index (χ0) is 14.7. The van der Waals surface area contributed by atoms with Crippen molar-refractivity contribution >= 4 is 21.4 Å². The van der Waals surface area contributed by atoms with Crippen LogP contribution in [0.25, 0.3) is 21.3 Å². The standard InChI is InChI=1S/C16H20N4S/c1-17-7-8-20(2)10-12-9-18-19-16(12)14-11-21-15-6-4-3-5-13(14)15/h3-6,9,11,17H,7-8,10H2,1-2H3,(H,18,19). The molecule has 4 nitrogen and oxygen atoms in total. The van der Waals surface area contributed by atoms with Gasteiger partial charge in [0.25, 0.3) is 0 Å². The van der Waals surface area contributed by atoms with Crippen LogP contribution in [-0.2, 0) is 6.54 Å². The van der Waals surface area contributed by atoms with Crippen molar-refractivity contribution in [3.8, 4) is 11.3 Å². The van der Waals surface area contributed by atoms with Gasteiger partial charge >= 0.3 is 0 Å². The molecule has 21 heavy (non-hydrogen) atoms. The Morgan fingerprint density at radius 2 is 2.19 bits per heavy atom. The van der Waals surface area contributed by atoms with Gasteiger partial charge in [0.1, 0.15) is 0 Å². The normalized spacial score (nSPS) is 11.6. The highest BCUT2D eigenvalue weighted by Gasteiger charge is 2.13. The van der Waals surface area contributed by atoms with Gasteiger partial charge in [0.15, 0.2) is 0 Å². The molecule has 0 saturated carbocycles. The van der Waals surface area contributed by atoms with Crippen molar-refractivity contribution < 1.29 is 0 Å². The van der Waals surface area contributed by atoms with E-state index in [-0.39, 0.29) is 0 Å². The van der Waals surface area contributed by atoms with Crippen LogP contribution < -0.4 is 5.32 Å². The minimum absolute atomic E-state index is 0.900. The van der Waals surface area contributed by atoms with E-state index in [9.17, 15) is 0 Å². The van der Waals surface area contributed by atoms with Gasteiger partial charge in [-0.15, -0.1) is 11.3 Å². The summed E-state index contributed by atoms with van der Waals surface area (Å²) >= 11 is 1.78. The van der Waals surface area contributed by atoms with Crippen molar-refractivity contribution in [3.63, 3.8) is 0 Å². The van der Waals surface area contributed by atoms with Gasteiger partial charge in [0, 0.05) is 46.2 Å². The van der Waals surface area contributed by atoms with Crippen LogP contribution in [0.1, 0.15) is 5.56 Å². The smallest absolute Gasteiger partial charge is 0.0709 e. The van der Waals surface area contributed by atoms with E-state index in [0.29, 0.717) is 0 Å². The van der Waals surface area contributed by atoms with Crippen LogP contribution in [0.3, 0.4) is 0 Å². The average Bonchev–Trinajstić information content (AvgIpc) is 3.11. The minimum Gasteiger partial charge on any atom is -0.318 e. The van der Waals surface area contributed by atoms with E-state index in [1.807, 2.05) is 13.2 Å². The van der Waals surface area contributed by atoms with Crippen molar-refractivity contribution in [2.75, 3.05) is 27.2 Å². The average molecular weight is 300 g/mol. The van der Waals surface area contributed by atoms with Gasteiger partial charge in [0.2, 0.25) is 0 Å². The topological polar surface area (TPSA) is 44.0 Å². The van der Waals surface area contributed by atoms with Crippen molar-refractivity contribution in [2.24, 2.45) is 0 Å². The van der Waals surface area contributed by atoms with E-state index >= 15 is 0 Å². The summed E-state index contributed by atoms with van der Waals surface area (Å²) < 4.78 is 1.32. The second-order valence-corrected chi connectivity index (χ2v) is 6.17. The number of nitrogens with zero attached hydrogens (tertiary/aromatic N) is 2. The quantitative estimate of drug-likeness (QED) is 0.735. The maximum absolute atomic E-state index is 4.26. The van der Waals surface area contributed by atoms with Gasteiger partial charge in [-0.05, 0) is 20.2 Å². The van der Waals surface area contributed by atoms with Crippen LogP contribution in [0.2, 0.25) is 0 Å². The number of benzene rings is 1. The van der Waals surface area contributed by atoms with E-state index in [1.165, 1.54) is 21.2 Å². The molecule has 0 radical (unpaired) electrons. The monoisotopic (exact) mass is 300 g/mol. The predicted molar refractivity (Wildman–Crippen MR) is 89.7 cm³/mol. The Kier molecular flexibility index (Phi) is 4.34. The Balaban J connectivity index is 1.88. The van der Waals surface area contributed by atoms with Gasteiger partial charge in [0.05, 0.1) is 11.9 Å². The number of nitrogens with one attached hydrogen (secondary N) is 2. The fraction of sp³-hybridized carbons (Fsp3) is 0.312. The van der Waals surface area contributed by atoms with E-state index in [0.717, 1.165) is 25.3 Å². The first kappa shape index (κ1) is 14.3. The molecule has 0 fully saturated rings. The second-order valence-electron chi connectivity index (χ2n) is 5.26. The van der Waals surface area contributed by atoms with E-state index in [2.05, 4.69) is 57.1 Å². The molecule has 3 rings (SSSR count). The van der Waals surface area contributed by atoms with Crippen molar-refractivity contribution in [1.82, 2.24) is 20.4 Å². The van der Waals surface area contributed by atoms with Crippen LogP contribution in [0, 0.1) is 0 Å². The van der Waals surface area contributed by atoms with Crippen molar-refractivity contribution in [1.29, 1.82) is 0 Å². The molecular weight excluding hydrogens is 280 g/mol. The summed E-state index contributed by atoms with van der Waals surface area (Å²) in [6.45, 7) is 2.91. The summed E-state index contributed by atoms with van der Waals surface area (Å²) in [6, 6.07) is 8.52. The summed E-state index contributed by atoms with van der Waals surface area (Å²) in [5.74, 6) is 0. The lowest BCUT2D eigenvalue weighted by Crippen LogP contribution is -2.26. The van der Waals surface area contributed by atoms with Crippen LogP contribution in [-0.4, -0.2) is 42.3 Å². The molecule has 2 aromatic heterocycles. The SMILES string of the molecule is CNCCN(C)Cc1cn[nH]c1-c1csc2ccccc12. The Hall–Kier alpha value is -1.69. The fourth-order valence-electron chi connectivity index (χ4n) is 2.51. The largest absolute Gasteiger partial charge is 0.318 e. The Bertz CT molecular complexity index is 716. The van der Waals surface area contributed by atoms with Crippen LogP contribution >= 0.6 is 11.3 Å². The second kappa shape index (κ2) is 6.39. The Morgan fingerprint density at radius 1 is 1.33 bits per heavy atom. The molecule has 0 unspecified atom stereocenters. The fourth-order valence-corrected chi connectivity index (χ4v) is 3.46. The molecule has 0 aliphatic carbocycles. The molecule has 0 amide bonds. The Labute approximate surface area is 128 Å². The first-order valence-electron chi connectivity index (χ1n) is 7.11. The lowest BCUT2D eigenvalue weighted by atomic mass is 10.1. The molecule has 110 valence electrons. The molecule has 0 spiro atoms. The summed E-state index contributed by atoms with van der Waals surface area (Å²) in [4.78, 5) is 2.30. The summed E-state index contributed by atoms with van der Waals surface area (Å²) in [5.41, 5.74) is 3.64. The zero-order valence-electron chi connectivity index (χ0n) is 12.4. The number of fused-ring (bicyclic) bond motifs is 1. The van der Waals surface area contributed by atoms with Crippen LogP contribution in [0.15, 0.2) is 35.8 Å². The number of thiophene rings is 1. The van der Waals surface area contributed by atoms with Gasteiger partial charge in [-0.3, -0.25) is 5.10 Å². The summed E-state index contributed by atoms with van der Waals surface area (Å²) in [5, 5.41) is 14.1. The van der Waals surface area contributed by atoms with Gasteiger partial charge in [-0.1, -0.05) is 18.2 Å². The molecule has 3 aromatic rings. The molecule has 0 saturated heterocycles. The third-order valence-corrected chi connectivity index (χ3v) is 4.62. The molecular formula is C16H20N4S. The van der Waals surface area contributed by atoms with Gasteiger partial charge < -0.3 is 10.2 Å². The highest BCUT2D eigenvalue weighted by atomic mass is 32.1. The predicted octanol–water partition coefficient (Wildman–Crippen LogP) is 2.94. The van der Waals surface area contributed by atoms with Crippen molar-refractivity contribution in [2.45, 2.75) is 6.54 Å². The number of rotatable bonds is 6. The molecule has 1 aromatic carbocycles. The number of likely N-dealkylation sites (N-methyl/N-ethyl adjacent to an activating group) is 2. The first-order chi connectivity index (χ1) is 10.3. The number of hydrogen-bond donors (Lipinski definition) is 2. The van der Waals surface area contributed by atoms with Gasteiger partial charge in [-0.25, -0.2) is 0 Å². The maximum Gasteiger partial charge on any atom is 0.0709 e. The number of hydrogen-bond acceptors (Lipinski definition) is 4. The van der Waals surface area contributed by atoms with E-state index in [1.54, 1.807) is 11.3 Å². The number of H-pyrrole nitrogens is 1. The third-order valence-electron chi connectivity index (χ3n) is 3.65. The highest BCUT2D eigenvalue weighted by molar-refractivity contribution is 7.17. The first-order valence-corrected chi connectivity index (χ1v) is 7.99. The summed E-state index contributed by atoms with van der Waals surface area (Å²) in [6.07, 6.45) is 1.94. The molecule has 2 heterocycles. The molecule has 0 atom stereocenters. The lowest BCUT2D eigenvalue weighted by Gasteiger charge is -2.16. The Morgan fingerprint density at radius 3 is 3.05 bits per heavy atom. The lowest BCUT2D eigenvalue weighted by molar-refractivity contribution is 0.328. The molecule has 0 aliphatic heterocycles. The minimum atomic E-state index is 0.900. The molecule has 5 heteroatoms. The van der Waals surface area contributed by atoms with E-state index in [4.69, 9.17) is 0 Å². The number of aromatic nitrogens is 2. The number of aromatic amines is 1. The van der Waals surface area contributed by atoms with Crippen molar-refractivity contribution in [3.05, 3.63) is 41.4 Å². The molecule has 0 aliphatic rings. The van der Waals surface area contributed by atoms with Gasteiger partial charge in [-0.2, -0.15) is 5.10 Å². The molecule has 2 N–H and O–H groups in total. The zero-order valence-corrected chi connectivity index (χ0v) is 13.2. The molecule has 0 bridgehead atoms. The van der Waals surface area contributed by atoms with Crippen LogP contribution in [0.5, 0.6) is 0 Å². The van der Waals surface area contributed by atoms with Crippen LogP contribution in [0.4, 0.5) is 0 Å². The van der Waals surface area contributed by atoms with E-state index < -0.39 is 0 Å². The third kappa shape index (κ3) is 3.00. The maximum atomic E-state index is 4.26.